The van der Waals surface area contributed by atoms with Crippen molar-refractivity contribution in [2.75, 3.05) is 14.7 Å². The molecule has 0 bridgehead atoms. The van der Waals surface area contributed by atoms with Crippen molar-refractivity contribution in [3.05, 3.63) is 150 Å². The highest BCUT2D eigenvalue weighted by molar-refractivity contribution is 7.00. The van der Waals surface area contributed by atoms with Crippen LogP contribution in [0.3, 0.4) is 0 Å². The molecule has 1 saturated carbocycles. The van der Waals surface area contributed by atoms with Crippen molar-refractivity contribution in [2.45, 2.75) is 109 Å². The Hall–Kier alpha value is -5.22. The van der Waals surface area contributed by atoms with E-state index in [1.807, 2.05) is 0 Å². The molecule has 6 aromatic rings. The smallest absolute Gasteiger partial charge is 0.252 e. The minimum atomic E-state index is -0.0783. The van der Waals surface area contributed by atoms with Gasteiger partial charge in [-0.2, -0.15) is 0 Å². The second kappa shape index (κ2) is 12.6. The summed E-state index contributed by atoms with van der Waals surface area (Å²) in [6, 6.07) is 51.5. The molecule has 286 valence electrons. The number of hydrogen-bond donors (Lipinski definition) is 0. The molecule has 2 atom stereocenters. The summed E-state index contributed by atoms with van der Waals surface area (Å²) in [5.74, 6) is 0. The van der Waals surface area contributed by atoms with Crippen molar-refractivity contribution in [1.29, 1.82) is 0 Å². The van der Waals surface area contributed by atoms with Crippen molar-refractivity contribution < 1.29 is 0 Å². The molecule has 3 aliphatic heterocycles. The van der Waals surface area contributed by atoms with Crippen LogP contribution in [0.25, 0.3) is 0 Å². The first-order chi connectivity index (χ1) is 27.3. The highest BCUT2D eigenvalue weighted by Gasteiger charge is 2.57. The molecule has 3 heterocycles. The summed E-state index contributed by atoms with van der Waals surface area (Å²) < 4.78 is 0. The zero-order chi connectivity index (χ0) is 39.5. The van der Waals surface area contributed by atoms with Gasteiger partial charge in [-0.05, 0) is 118 Å². The predicted molar refractivity (Wildman–Crippen MR) is 245 cm³/mol. The summed E-state index contributed by atoms with van der Waals surface area (Å²) >= 11 is 0. The lowest BCUT2D eigenvalue weighted by Gasteiger charge is -2.48. The van der Waals surface area contributed by atoms with Crippen LogP contribution < -0.4 is 31.1 Å². The van der Waals surface area contributed by atoms with E-state index in [2.05, 4.69) is 204 Å². The lowest BCUT2D eigenvalue weighted by atomic mass is 9.33. The standard InChI is InChI=1S/C53H56BN3/c1-50(2,3)36-25-28-39(29-26-36)56-46-30-27-37(51(4,5)6)33-43(46)54-42-22-14-16-24-45(42)55(38-19-11-9-12-20-38)47-34-40(35-48(56)49(47)54)57-44-23-15-13-21-41(44)52(7)31-17-10-18-32-53(52,57)8/h9,11-16,19-30,33-35H,10,17-18,31-32H2,1-8H3. The van der Waals surface area contributed by atoms with Crippen molar-refractivity contribution in [2.24, 2.45) is 0 Å². The molecule has 0 amide bonds. The first kappa shape index (κ1) is 36.1. The molecular formula is C53H56BN3. The average Bonchev–Trinajstić information content (AvgIpc) is 3.26. The average molecular weight is 746 g/mol. The summed E-state index contributed by atoms with van der Waals surface area (Å²) in [5, 5.41) is 0. The van der Waals surface area contributed by atoms with Gasteiger partial charge in [-0.3, -0.25) is 0 Å². The van der Waals surface area contributed by atoms with E-state index in [-0.39, 0.29) is 28.5 Å². The van der Waals surface area contributed by atoms with Crippen molar-refractivity contribution >= 4 is 68.6 Å². The number of hydrogen-bond acceptors (Lipinski definition) is 3. The normalized spacial score (nSPS) is 21.0. The third-order valence-corrected chi connectivity index (χ3v) is 14.4. The van der Waals surface area contributed by atoms with E-state index in [1.54, 1.807) is 0 Å². The zero-order valence-electron chi connectivity index (χ0n) is 35.2. The van der Waals surface area contributed by atoms with Crippen LogP contribution >= 0.6 is 0 Å². The van der Waals surface area contributed by atoms with E-state index >= 15 is 0 Å². The SMILES string of the molecule is CC(C)(C)c1ccc(N2c3ccc(C(C)(C)C)cc3B3c4ccccc4N(c4ccccc4)c4cc(N5c6ccccc6C6(C)CCCCCC56C)cc2c43)cc1. The summed E-state index contributed by atoms with van der Waals surface area (Å²) in [7, 11) is 0. The maximum Gasteiger partial charge on any atom is 0.252 e. The minimum Gasteiger partial charge on any atom is -0.334 e. The van der Waals surface area contributed by atoms with Crippen LogP contribution in [-0.2, 0) is 16.2 Å². The van der Waals surface area contributed by atoms with Gasteiger partial charge >= 0.3 is 0 Å². The highest BCUT2D eigenvalue weighted by atomic mass is 15.3. The van der Waals surface area contributed by atoms with Gasteiger partial charge in [-0.1, -0.05) is 147 Å². The lowest BCUT2D eigenvalue weighted by Crippen LogP contribution is -2.61. The zero-order valence-corrected chi connectivity index (χ0v) is 35.2. The van der Waals surface area contributed by atoms with Crippen LogP contribution in [0.5, 0.6) is 0 Å². The van der Waals surface area contributed by atoms with Gasteiger partial charge in [0.25, 0.3) is 6.71 Å². The van der Waals surface area contributed by atoms with Gasteiger partial charge in [0, 0.05) is 50.9 Å². The lowest BCUT2D eigenvalue weighted by molar-refractivity contribution is 0.261. The van der Waals surface area contributed by atoms with Gasteiger partial charge < -0.3 is 14.7 Å². The maximum atomic E-state index is 2.78. The fourth-order valence-corrected chi connectivity index (χ4v) is 11.1. The summed E-state index contributed by atoms with van der Waals surface area (Å²) in [6.45, 7) is 19.2. The Kier molecular flexibility index (Phi) is 8.02. The monoisotopic (exact) mass is 745 g/mol. The Balaban J connectivity index is 1.32. The summed E-state index contributed by atoms with van der Waals surface area (Å²) in [6.07, 6.45) is 6.18. The minimum absolute atomic E-state index is 0.00932. The van der Waals surface area contributed by atoms with E-state index in [1.165, 1.54) is 104 Å². The van der Waals surface area contributed by atoms with Crippen LogP contribution in [0.2, 0.25) is 0 Å². The largest absolute Gasteiger partial charge is 0.334 e. The molecular weight excluding hydrogens is 689 g/mol. The second-order valence-corrected chi connectivity index (χ2v) is 19.7. The Labute approximate surface area is 341 Å². The fraction of sp³-hybridized carbons (Fsp3) is 0.321. The second-order valence-electron chi connectivity index (χ2n) is 19.7. The molecule has 0 N–H and O–H groups in total. The van der Waals surface area contributed by atoms with Gasteiger partial charge in [-0.25, -0.2) is 0 Å². The Morgan fingerprint density at radius 2 is 1.04 bits per heavy atom. The first-order valence-corrected chi connectivity index (χ1v) is 21.4. The van der Waals surface area contributed by atoms with Gasteiger partial charge in [0.1, 0.15) is 0 Å². The molecule has 0 aromatic heterocycles. The maximum absolute atomic E-state index is 2.78. The van der Waals surface area contributed by atoms with Crippen LogP contribution in [0, 0.1) is 0 Å². The van der Waals surface area contributed by atoms with Crippen LogP contribution in [0.15, 0.2) is 133 Å². The third kappa shape index (κ3) is 5.32. The Morgan fingerprint density at radius 1 is 0.474 bits per heavy atom. The molecule has 3 nitrogen and oxygen atoms in total. The van der Waals surface area contributed by atoms with Crippen LogP contribution in [0.1, 0.15) is 104 Å². The number of nitrogens with zero attached hydrogens (tertiary/aromatic N) is 3. The fourth-order valence-electron chi connectivity index (χ4n) is 11.1. The Bertz CT molecular complexity index is 2530. The quantitative estimate of drug-likeness (QED) is 0.167. The summed E-state index contributed by atoms with van der Waals surface area (Å²) in [5.41, 5.74) is 18.4. The molecule has 10 rings (SSSR count). The number of fused-ring (bicyclic) bond motifs is 7. The number of para-hydroxylation sites is 3. The van der Waals surface area contributed by atoms with Gasteiger partial charge in [0.05, 0.1) is 5.54 Å². The topological polar surface area (TPSA) is 9.72 Å². The number of benzene rings is 6. The van der Waals surface area contributed by atoms with Crippen molar-refractivity contribution in [3.8, 4) is 0 Å². The van der Waals surface area contributed by atoms with E-state index < -0.39 is 0 Å². The molecule has 57 heavy (non-hydrogen) atoms. The molecule has 0 spiro atoms. The number of rotatable bonds is 3. The third-order valence-electron chi connectivity index (χ3n) is 14.4. The highest BCUT2D eigenvalue weighted by Crippen LogP contribution is 2.61. The molecule has 0 saturated heterocycles. The van der Waals surface area contributed by atoms with Crippen LogP contribution in [0.4, 0.5) is 45.5 Å². The molecule has 4 heteroatoms. The molecule has 6 aromatic carbocycles. The molecule has 4 aliphatic rings. The summed E-state index contributed by atoms with van der Waals surface area (Å²) in [4.78, 5) is 7.94. The van der Waals surface area contributed by atoms with Crippen molar-refractivity contribution in [3.63, 3.8) is 0 Å². The van der Waals surface area contributed by atoms with E-state index in [4.69, 9.17) is 0 Å². The molecule has 2 unspecified atom stereocenters. The predicted octanol–water partition coefficient (Wildman–Crippen LogP) is 12.5. The first-order valence-electron chi connectivity index (χ1n) is 21.4. The number of anilines is 8. The molecule has 1 fully saturated rings. The van der Waals surface area contributed by atoms with Crippen LogP contribution in [-0.4, -0.2) is 12.3 Å². The van der Waals surface area contributed by atoms with Gasteiger partial charge in [0.15, 0.2) is 0 Å². The molecule has 0 radical (unpaired) electrons. The van der Waals surface area contributed by atoms with Gasteiger partial charge in [-0.15, -0.1) is 0 Å². The Morgan fingerprint density at radius 3 is 1.72 bits per heavy atom. The van der Waals surface area contributed by atoms with E-state index in [9.17, 15) is 0 Å². The van der Waals surface area contributed by atoms with E-state index in [0.29, 0.717) is 0 Å². The molecule has 1 aliphatic carbocycles. The van der Waals surface area contributed by atoms with E-state index in [0.717, 1.165) is 6.42 Å². The van der Waals surface area contributed by atoms with Gasteiger partial charge in [0.2, 0.25) is 0 Å². The van der Waals surface area contributed by atoms with Crippen molar-refractivity contribution in [1.82, 2.24) is 0 Å².